The molecule has 0 spiro atoms. The van der Waals surface area contributed by atoms with Crippen molar-refractivity contribution in [3.05, 3.63) is 89.0 Å². The fraction of sp³-hybridized carbons (Fsp3) is 0.537. The van der Waals surface area contributed by atoms with E-state index in [9.17, 15) is 13.2 Å². The maximum absolute atomic E-state index is 14.4. The van der Waals surface area contributed by atoms with Gasteiger partial charge in [0.05, 0.1) is 56.8 Å². The molecular formula is C41H57N3O9S. The minimum absolute atomic E-state index is 0.0477. The number of aryl methyl sites for hydroxylation is 1. The Balaban J connectivity index is 1.44. The molecule has 3 aromatic rings. The highest BCUT2D eigenvalue weighted by Gasteiger charge is 2.44. The monoisotopic (exact) mass is 767 g/mol. The molecule has 12 nitrogen and oxygen atoms in total. The fourth-order valence-corrected chi connectivity index (χ4v) is 8.75. The second kappa shape index (κ2) is 19.9. The van der Waals surface area contributed by atoms with E-state index in [1.54, 1.807) is 38.5 Å². The first-order chi connectivity index (χ1) is 26.0. The molecule has 3 aromatic carbocycles. The van der Waals surface area contributed by atoms with E-state index in [0.717, 1.165) is 58.3 Å². The Labute approximate surface area is 321 Å². The van der Waals surface area contributed by atoms with Gasteiger partial charge in [0.25, 0.3) is 0 Å². The first kappa shape index (κ1) is 41.6. The molecule has 2 aliphatic rings. The minimum Gasteiger partial charge on any atom is -0.490 e. The van der Waals surface area contributed by atoms with Crippen molar-refractivity contribution >= 4 is 21.6 Å². The molecule has 0 bridgehead atoms. The van der Waals surface area contributed by atoms with Gasteiger partial charge in [-0.05, 0) is 60.7 Å². The average molecular weight is 768 g/mol. The number of carbonyl (C=O) groups is 1. The van der Waals surface area contributed by atoms with Crippen LogP contribution in [-0.2, 0) is 51.8 Å². The van der Waals surface area contributed by atoms with Crippen molar-refractivity contribution in [2.45, 2.75) is 69.3 Å². The standard InChI is InChI=1S/C41H57N3O9S/c1-30-8-15-36(16-9-30)54(46,47)44-25-40(53-29-33-12-17-39-38(22-33)43(19-21-52-39)18-7-20-48-4)37(23-35(44)24-41(45)42(3)50-6)34-13-10-32(11-14-34)28-51-27-31(2)26-49-5/h8-17,22,31,35,37,40H,7,18-21,23-29H2,1-6H3/t31?,35-,37-,40+/m1/s1. The van der Waals surface area contributed by atoms with Crippen LogP contribution in [0.5, 0.6) is 5.75 Å². The van der Waals surface area contributed by atoms with E-state index in [0.29, 0.717) is 39.5 Å². The van der Waals surface area contributed by atoms with Gasteiger partial charge in [0.15, 0.2) is 0 Å². The zero-order chi connectivity index (χ0) is 38.7. The van der Waals surface area contributed by atoms with Crippen LogP contribution in [0, 0.1) is 12.8 Å². The number of rotatable bonds is 19. The Bertz CT molecular complexity index is 1740. The van der Waals surface area contributed by atoms with Crippen molar-refractivity contribution in [3.63, 3.8) is 0 Å². The molecule has 1 saturated heterocycles. The third-order valence-corrected chi connectivity index (χ3v) is 12.1. The van der Waals surface area contributed by atoms with Crippen LogP contribution >= 0.6 is 0 Å². The number of ether oxygens (including phenoxy) is 5. The van der Waals surface area contributed by atoms with Gasteiger partial charge >= 0.3 is 0 Å². The van der Waals surface area contributed by atoms with Gasteiger partial charge in [0, 0.05) is 65.3 Å². The van der Waals surface area contributed by atoms with Crippen LogP contribution in [0.3, 0.4) is 0 Å². The topological polar surface area (TPSA) is 116 Å². The quantitative estimate of drug-likeness (QED) is 0.113. The number of nitrogens with zero attached hydrogens (tertiary/aromatic N) is 3. The van der Waals surface area contributed by atoms with Gasteiger partial charge in [-0.2, -0.15) is 4.31 Å². The molecule has 4 atom stereocenters. The number of piperidine rings is 1. The van der Waals surface area contributed by atoms with Crippen molar-refractivity contribution < 1.29 is 41.7 Å². The molecular weight excluding hydrogens is 711 g/mol. The van der Waals surface area contributed by atoms with Gasteiger partial charge in [-0.15, -0.1) is 0 Å². The Morgan fingerprint density at radius 3 is 2.41 bits per heavy atom. The molecule has 1 fully saturated rings. The lowest BCUT2D eigenvalue weighted by atomic mass is 9.83. The predicted molar refractivity (Wildman–Crippen MR) is 207 cm³/mol. The summed E-state index contributed by atoms with van der Waals surface area (Å²) in [5.41, 5.74) is 4.95. The molecule has 1 unspecified atom stereocenters. The molecule has 5 rings (SSSR count). The highest BCUT2D eigenvalue weighted by atomic mass is 32.2. The lowest BCUT2D eigenvalue weighted by molar-refractivity contribution is -0.170. The van der Waals surface area contributed by atoms with Crippen molar-refractivity contribution in [2.75, 3.05) is 79.3 Å². The molecule has 0 aromatic heterocycles. The number of hydroxylamine groups is 2. The highest BCUT2D eigenvalue weighted by molar-refractivity contribution is 7.89. The normalized spacial score (nSPS) is 19.6. The molecule has 13 heteroatoms. The zero-order valence-electron chi connectivity index (χ0n) is 32.6. The number of methoxy groups -OCH3 is 2. The molecule has 296 valence electrons. The van der Waals surface area contributed by atoms with Crippen molar-refractivity contribution in [1.29, 1.82) is 0 Å². The minimum atomic E-state index is -4.00. The Morgan fingerprint density at radius 2 is 1.70 bits per heavy atom. The van der Waals surface area contributed by atoms with E-state index >= 15 is 0 Å². The van der Waals surface area contributed by atoms with Crippen LogP contribution in [0.1, 0.15) is 54.4 Å². The number of amides is 1. The van der Waals surface area contributed by atoms with Gasteiger partial charge in [-0.3, -0.25) is 9.63 Å². The molecule has 0 saturated carbocycles. The van der Waals surface area contributed by atoms with Crippen LogP contribution < -0.4 is 9.64 Å². The van der Waals surface area contributed by atoms with E-state index in [4.69, 9.17) is 28.5 Å². The molecule has 0 radical (unpaired) electrons. The summed E-state index contributed by atoms with van der Waals surface area (Å²) in [6.07, 6.45) is 0.703. The SMILES string of the molecule is COCCCN1CCOc2ccc(CO[C@H]3CN(S(=O)(=O)c4ccc(C)cc4)[C@@H](CC(=O)N(C)OC)C[C@@H]3c3ccc(COCC(C)COC)cc3)cc21. The third-order valence-electron chi connectivity index (χ3n) is 10.2. The van der Waals surface area contributed by atoms with Crippen molar-refractivity contribution in [3.8, 4) is 5.75 Å². The smallest absolute Gasteiger partial charge is 0.247 e. The lowest BCUT2D eigenvalue weighted by Gasteiger charge is -2.43. The molecule has 1 amide bonds. The highest BCUT2D eigenvalue weighted by Crippen LogP contribution is 2.39. The summed E-state index contributed by atoms with van der Waals surface area (Å²) in [7, 11) is 2.35. The van der Waals surface area contributed by atoms with E-state index in [1.807, 2.05) is 31.2 Å². The number of fused-ring (bicyclic) bond motifs is 1. The Hall–Kier alpha value is -3.56. The summed E-state index contributed by atoms with van der Waals surface area (Å²) in [5.74, 6) is 0.598. The maximum atomic E-state index is 14.4. The zero-order valence-corrected chi connectivity index (χ0v) is 33.4. The molecule has 2 aliphatic heterocycles. The van der Waals surface area contributed by atoms with E-state index in [2.05, 4.69) is 30.0 Å². The summed E-state index contributed by atoms with van der Waals surface area (Å²) < 4.78 is 59.4. The predicted octanol–water partition coefficient (Wildman–Crippen LogP) is 5.57. The Kier molecular flexibility index (Phi) is 15.3. The van der Waals surface area contributed by atoms with E-state index in [-0.39, 0.29) is 42.2 Å². The summed E-state index contributed by atoms with van der Waals surface area (Å²) in [5, 5.41) is 1.15. The van der Waals surface area contributed by atoms with Gasteiger partial charge in [0.1, 0.15) is 12.4 Å². The van der Waals surface area contributed by atoms with Crippen LogP contribution in [0.4, 0.5) is 5.69 Å². The lowest BCUT2D eigenvalue weighted by Crippen LogP contribution is -2.53. The van der Waals surface area contributed by atoms with Crippen LogP contribution in [0.15, 0.2) is 71.6 Å². The second-order valence-corrected chi connectivity index (χ2v) is 16.2. The largest absolute Gasteiger partial charge is 0.490 e. The number of hydrogen-bond acceptors (Lipinski definition) is 10. The van der Waals surface area contributed by atoms with E-state index < -0.39 is 22.2 Å². The summed E-state index contributed by atoms with van der Waals surface area (Å²) >= 11 is 0. The van der Waals surface area contributed by atoms with Gasteiger partial charge in [0.2, 0.25) is 15.9 Å². The second-order valence-electron chi connectivity index (χ2n) is 14.3. The summed E-state index contributed by atoms with van der Waals surface area (Å²) in [6, 6.07) is 20.5. The van der Waals surface area contributed by atoms with Crippen molar-refractivity contribution in [2.24, 2.45) is 5.92 Å². The van der Waals surface area contributed by atoms with Crippen LogP contribution in [0.2, 0.25) is 0 Å². The number of anilines is 1. The molecule has 0 N–H and O–H groups in total. The molecule has 2 heterocycles. The van der Waals surface area contributed by atoms with E-state index in [1.165, 1.54) is 18.5 Å². The summed E-state index contributed by atoms with van der Waals surface area (Å²) in [4.78, 5) is 21.0. The Morgan fingerprint density at radius 1 is 0.963 bits per heavy atom. The maximum Gasteiger partial charge on any atom is 0.247 e. The van der Waals surface area contributed by atoms with Crippen LogP contribution in [-0.4, -0.2) is 110 Å². The van der Waals surface area contributed by atoms with Gasteiger partial charge in [-0.25, -0.2) is 13.5 Å². The third kappa shape index (κ3) is 10.8. The average Bonchev–Trinajstić information content (AvgIpc) is 3.17. The number of carbonyl (C=O) groups excluding carboxylic acids is 1. The van der Waals surface area contributed by atoms with Gasteiger partial charge < -0.3 is 28.6 Å². The first-order valence-electron chi connectivity index (χ1n) is 18.7. The molecule has 54 heavy (non-hydrogen) atoms. The summed E-state index contributed by atoms with van der Waals surface area (Å²) in [6.45, 7) is 8.93. The number of benzene rings is 3. The van der Waals surface area contributed by atoms with Crippen LogP contribution in [0.25, 0.3) is 0 Å². The fourth-order valence-electron chi connectivity index (χ4n) is 7.11. The van der Waals surface area contributed by atoms with Gasteiger partial charge in [-0.1, -0.05) is 55.0 Å². The number of hydrogen-bond donors (Lipinski definition) is 0. The molecule has 0 aliphatic carbocycles. The first-order valence-corrected chi connectivity index (χ1v) is 20.1. The number of sulfonamides is 1. The van der Waals surface area contributed by atoms with Crippen molar-refractivity contribution in [1.82, 2.24) is 9.37 Å².